The Morgan fingerprint density at radius 2 is 2.38 bits per heavy atom. The lowest BCUT2D eigenvalue weighted by atomic mass is 10.1. The molecule has 2 rings (SSSR count). The number of amides is 2. The summed E-state index contributed by atoms with van der Waals surface area (Å²) in [5, 5.41) is 0. The molecule has 0 aliphatic carbocycles. The number of anilines is 1. The molecular weight excluding hydrogens is 206 g/mol. The standard InChI is InChI=1S/C11H13N3O2/c1-7-2-3-13-5-9(7)14-6-8(11(12)16)4-10(14)15/h2-3,5,8H,4,6H2,1H3,(H2,12,16). The fourth-order valence-electron chi connectivity index (χ4n) is 1.87. The molecule has 0 radical (unpaired) electrons. The number of nitrogens with two attached hydrogens (primary N) is 1. The number of pyridine rings is 1. The van der Waals surface area contributed by atoms with Crippen molar-refractivity contribution in [2.75, 3.05) is 11.4 Å². The highest BCUT2D eigenvalue weighted by Crippen LogP contribution is 2.26. The van der Waals surface area contributed by atoms with Crippen molar-refractivity contribution in [3.05, 3.63) is 24.0 Å². The van der Waals surface area contributed by atoms with Gasteiger partial charge < -0.3 is 10.6 Å². The predicted octanol–water partition coefficient (Wildman–Crippen LogP) is 0.228. The predicted molar refractivity (Wildman–Crippen MR) is 58.6 cm³/mol. The Balaban J connectivity index is 2.27. The minimum absolute atomic E-state index is 0.0695. The van der Waals surface area contributed by atoms with Gasteiger partial charge in [-0.2, -0.15) is 0 Å². The fourth-order valence-corrected chi connectivity index (χ4v) is 1.87. The summed E-state index contributed by atoms with van der Waals surface area (Å²) in [6, 6.07) is 1.83. The highest BCUT2D eigenvalue weighted by molar-refractivity contribution is 6.00. The van der Waals surface area contributed by atoms with E-state index in [2.05, 4.69) is 4.98 Å². The Labute approximate surface area is 93.3 Å². The molecule has 0 bridgehead atoms. The van der Waals surface area contributed by atoms with Gasteiger partial charge in [-0.25, -0.2) is 0 Å². The number of hydrogen-bond acceptors (Lipinski definition) is 3. The molecule has 84 valence electrons. The van der Waals surface area contributed by atoms with Crippen molar-refractivity contribution in [1.82, 2.24) is 4.98 Å². The van der Waals surface area contributed by atoms with Crippen molar-refractivity contribution in [2.45, 2.75) is 13.3 Å². The summed E-state index contributed by atoms with van der Waals surface area (Å²) in [6.07, 6.45) is 3.51. The molecule has 1 atom stereocenters. The quantitative estimate of drug-likeness (QED) is 0.773. The van der Waals surface area contributed by atoms with Crippen molar-refractivity contribution < 1.29 is 9.59 Å². The molecule has 1 aliphatic rings. The van der Waals surface area contributed by atoms with Crippen LogP contribution in [0.3, 0.4) is 0 Å². The summed E-state index contributed by atoms with van der Waals surface area (Å²) in [7, 11) is 0. The second kappa shape index (κ2) is 3.92. The molecule has 1 aromatic heterocycles. The number of hydrogen-bond donors (Lipinski definition) is 1. The summed E-state index contributed by atoms with van der Waals surface area (Å²) < 4.78 is 0. The molecule has 1 unspecified atom stereocenters. The van der Waals surface area contributed by atoms with Gasteiger partial charge in [0.1, 0.15) is 0 Å². The number of aromatic nitrogens is 1. The van der Waals surface area contributed by atoms with Crippen LogP contribution in [0, 0.1) is 12.8 Å². The van der Waals surface area contributed by atoms with E-state index in [9.17, 15) is 9.59 Å². The molecule has 0 spiro atoms. The smallest absolute Gasteiger partial charge is 0.227 e. The van der Waals surface area contributed by atoms with Crippen LogP contribution in [0.4, 0.5) is 5.69 Å². The van der Waals surface area contributed by atoms with E-state index < -0.39 is 5.91 Å². The summed E-state index contributed by atoms with van der Waals surface area (Å²) in [6.45, 7) is 2.27. The van der Waals surface area contributed by atoms with Gasteiger partial charge in [0, 0.05) is 19.2 Å². The zero-order chi connectivity index (χ0) is 11.7. The van der Waals surface area contributed by atoms with Gasteiger partial charge in [0.15, 0.2) is 0 Å². The number of rotatable bonds is 2. The SMILES string of the molecule is Cc1ccncc1N1CC(C(N)=O)CC1=O. The van der Waals surface area contributed by atoms with Crippen molar-refractivity contribution in [2.24, 2.45) is 11.7 Å². The van der Waals surface area contributed by atoms with Gasteiger partial charge in [0.2, 0.25) is 11.8 Å². The van der Waals surface area contributed by atoms with Crippen LogP contribution in [-0.4, -0.2) is 23.3 Å². The van der Waals surface area contributed by atoms with E-state index >= 15 is 0 Å². The zero-order valence-corrected chi connectivity index (χ0v) is 9.01. The Morgan fingerprint density at radius 1 is 1.62 bits per heavy atom. The van der Waals surface area contributed by atoms with Crippen LogP contribution in [0.5, 0.6) is 0 Å². The second-order valence-corrected chi connectivity index (χ2v) is 3.97. The maximum absolute atomic E-state index is 11.7. The third-order valence-corrected chi connectivity index (χ3v) is 2.83. The van der Waals surface area contributed by atoms with Crippen LogP contribution in [0.15, 0.2) is 18.5 Å². The first-order valence-corrected chi connectivity index (χ1v) is 5.10. The number of carbonyl (C=O) groups excluding carboxylic acids is 2. The maximum Gasteiger partial charge on any atom is 0.227 e. The minimum Gasteiger partial charge on any atom is -0.369 e. The highest BCUT2D eigenvalue weighted by atomic mass is 16.2. The van der Waals surface area contributed by atoms with Gasteiger partial charge in [-0.1, -0.05) is 0 Å². The minimum atomic E-state index is -0.419. The Kier molecular flexibility index (Phi) is 2.60. The lowest BCUT2D eigenvalue weighted by Gasteiger charge is -2.17. The third kappa shape index (κ3) is 1.76. The number of aryl methyl sites for hydroxylation is 1. The van der Waals surface area contributed by atoms with E-state index in [4.69, 9.17) is 5.73 Å². The molecule has 5 nitrogen and oxygen atoms in total. The van der Waals surface area contributed by atoms with E-state index in [0.717, 1.165) is 11.3 Å². The van der Waals surface area contributed by atoms with Crippen molar-refractivity contribution in [1.29, 1.82) is 0 Å². The molecule has 0 saturated carbocycles. The molecular formula is C11H13N3O2. The van der Waals surface area contributed by atoms with Gasteiger partial charge >= 0.3 is 0 Å². The van der Waals surface area contributed by atoms with Crippen molar-refractivity contribution >= 4 is 17.5 Å². The van der Waals surface area contributed by atoms with Crippen LogP contribution in [-0.2, 0) is 9.59 Å². The van der Waals surface area contributed by atoms with E-state index in [1.54, 1.807) is 17.3 Å². The lowest BCUT2D eigenvalue weighted by Crippen LogP contribution is -2.28. The van der Waals surface area contributed by atoms with Crippen LogP contribution in [0.1, 0.15) is 12.0 Å². The first kappa shape index (κ1) is 10.6. The molecule has 1 fully saturated rings. The van der Waals surface area contributed by atoms with Gasteiger partial charge in [-0.05, 0) is 18.6 Å². The lowest BCUT2D eigenvalue weighted by molar-refractivity contribution is -0.123. The molecule has 16 heavy (non-hydrogen) atoms. The second-order valence-electron chi connectivity index (χ2n) is 3.97. The Hall–Kier alpha value is -1.91. The topological polar surface area (TPSA) is 76.3 Å². The molecule has 1 saturated heterocycles. The number of nitrogens with zero attached hydrogens (tertiary/aromatic N) is 2. The van der Waals surface area contributed by atoms with E-state index in [1.807, 2.05) is 13.0 Å². The molecule has 2 N–H and O–H groups in total. The van der Waals surface area contributed by atoms with E-state index in [1.165, 1.54) is 0 Å². The monoisotopic (exact) mass is 219 g/mol. The zero-order valence-electron chi connectivity index (χ0n) is 9.01. The van der Waals surface area contributed by atoms with Gasteiger partial charge in [-0.3, -0.25) is 14.6 Å². The summed E-state index contributed by atoms with van der Waals surface area (Å²) in [5.41, 5.74) is 6.93. The third-order valence-electron chi connectivity index (χ3n) is 2.83. The summed E-state index contributed by atoms with van der Waals surface area (Å²) >= 11 is 0. The average molecular weight is 219 g/mol. The molecule has 2 amide bonds. The van der Waals surface area contributed by atoms with E-state index in [-0.39, 0.29) is 18.2 Å². The van der Waals surface area contributed by atoms with Crippen molar-refractivity contribution in [3.8, 4) is 0 Å². The van der Waals surface area contributed by atoms with Gasteiger partial charge in [0.25, 0.3) is 0 Å². The normalized spacial score (nSPS) is 20.2. The van der Waals surface area contributed by atoms with Gasteiger partial charge in [-0.15, -0.1) is 0 Å². The van der Waals surface area contributed by atoms with Crippen LogP contribution in [0.2, 0.25) is 0 Å². The highest BCUT2D eigenvalue weighted by Gasteiger charge is 2.34. The van der Waals surface area contributed by atoms with Crippen LogP contribution >= 0.6 is 0 Å². The largest absolute Gasteiger partial charge is 0.369 e. The fraction of sp³-hybridized carbons (Fsp3) is 0.364. The van der Waals surface area contributed by atoms with Crippen LogP contribution in [0.25, 0.3) is 0 Å². The van der Waals surface area contributed by atoms with Gasteiger partial charge in [0.05, 0.1) is 17.8 Å². The molecule has 0 aromatic carbocycles. The number of carbonyl (C=O) groups is 2. The Bertz CT molecular complexity index is 445. The van der Waals surface area contributed by atoms with Crippen molar-refractivity contribution in [3.63, 3.8) is 0 Å². The average Bonchev–Trinajstić information content (AvgIpc) is 2.61. The molecule has 1 aromatic rings. The molecule has 5 heteroatoms. The molecule has 1 aliphatic heterocycles. The first-order chi connectivity index (χ1) is 7.59. The number of primary amides is 1. The van der Waals surface area contributed by atoms with E-state index in [0.29, 0.717) is 6.54 Å². The first-order valence-electron chi connectivity index (χ1n) is 5.10. The van der Waals surface area contributed by atoms with Crippen LogP contribution < -0.4 is 10.6 Å². The molecule has 2 heterocycles. The summed E-state index contributed by atoms with van der Waals surface area (Å²) in [5.74, 6) is -0.871. The Morgan fingerprint density at radius 3 is 2.94 bits per heavy atom. The maximum atomic E-state index is 11.7. The summed E-state index contributed by atoms with van der Waals surface area (Å²) in [4.78, 5) is 28.3.